The third-order valence-corrected chi connectivity index (χ3v) is 8.08. The molecule has 1 aromatic carbocycles. The lowest BCUT2D eigenvalue weighted by molar-refractivity contribution is -0.118. The first kappa shape index (κ1) is 25.7. The molecular weight excluding hydrogens is 529 g/mol. The van der Waals surface area contributed by atoms with Crippen molar-refractivity contribution in [1.29, 1.82) is 0 Å². The molecular formula is C20H20Cl3N5O3S2. The standard InChI is InChI=1S/C20H20Cl3N5O3S2/c1-9(2)16(24)19(29)27-20-26-10(3)17(32-20)11-6-14(18(23)25-8-11)28-33(30,31)15-7-12(21)4-5-13(15)22/h4-9,16,28H,24H2,1-3H3,(H,26,27,29)/t16-/m0/s1. The molecule has 0 aliphatic carbocycles. The highest BCUT2D eigenvalue weighted by molar-refractivity contribution is 7.92. The molecule has 0 saturated heterocycles. The van der Waals surface area contributed by atoms with Crippen LogP contribution in [0, 0.1) is 12.8 Å². The molecule has 0 radical (unpaired) electrons. The maximum absolute atomic E-state index is 12.9. The molecule has 0 saturated carbocycles. The summed E-state index contributed by atoms with van der Waals surface area (Å²) in [6.07, 6.45) is 1.48. The number of hydrogen-bond acceptors (Lipinski definition) is 7. The number of amides is 1. The van der Waals surface area contributed by atoms with E-state index in [1.54, 1.807) is 6.92 Å². The Balaban J connectivity index is 1.92. The number of aromatic nitrogens is 2. The van der Waals surface area contributed by atoms with Crippen molar-refractivity contribution in [3.05, 3.63) is 51.4 Å². The molecule has 0 aliphatic rings. The lowest BCUT2D eigenvalue weighted by atomic mass is 10.1. The lowest BCUT2D eigenvalue weighted by Crippen LogP contribution is -2.39. The average Bonchev–Trinajstić information content (AvgIpc) is 3.10. The molecule has 2 aromatic heterocycles. The van der Waals surface area contributed by atoms with Crippen LogP contribution in [0.15, 0.2) is 35.4 Å². The van der Waals surface area contributed by atoms with Gasteiger partial charge in [-0.3, -0.25) is 9.52 Å². The van der Waals surface area contributed by atoms with E-state index in [1.807, 2.05) is 13.8 Å². The van der Waals surface area contributed by atoms with E-state index in [1.165, 1.54) is 41.8 Å². The number of halogens is 3. The normalized spacial score (nSPS) is 12.6. The Hall–Kier alpha value is -1.95. The van der Waals surface area contributed by atoms with Gasteiger partial charge in [-0.1, -0.05) is 60.0 Å². The number of pyridine rings is 1. The van der Waals surface area contributed by atoms with E-state index in [-0.39, 0.29) is 37.6 Å². The van der Waals surface area contributed by atoms with Crippen LogP contribution in [0.4, 0.5) is 10.8 Å². The first-order valence-corrected chi connectivity index (χ1v) is 13.0. The molecule has 3 aromatic rings. The van der Waals surface area contributed by atoms with Gasteiger partial charge in [0.05, 0.1) is 27.3 Å². The largest absolute Gasteiger partial charge is 0.320 e. The van der Waals surface area contributed by atoms with Gasteiger partial charge >= 0.3 is 0 Å². The Labute approximate surface area is 210 Å². The van der Waals surface area contributed by atoms with E-state index < -0.39 is 16.1 Å². The number of nitrogens with two attached hydrogens (primary N) is 1. The van der Waals surface area contributed by atoms with Gasteiger partial charge in [0, 0.05) is 16.8 Å². The van der Waals surface area contributed by atoms with Crippen molar-refractivity contribution in [1.82, 2.24) is 9.97 Å². The number of nitrogens with one attached hydrogen (secondary N) is 2. The second-order valence-corrected chi connectivity index (χ2v) is 11.3. The number of rotatable bonds is 7. The first-order valence-electron chi connectivity index (χ1n) is 9.56. The van der Waals surface area contributed by atoms with Gasteiger partial charge in [-0.2, -0.15) is 0 Å². The van der Waals surface area contributed by atoms with Crippen LogP contribution in [-0.2, 0) is 14.8 Å². The summed E-state index contributed by atoms with van der Waals surface area (Å²) in [6, 6.07) is 4.96. The minimum atomic E-state index is -4.10. The summed E-state index contributed by atoms with van der Waals surface area (Å²) < 4.78 is 28.2. The SMILES string of the molecule is Cc1nc(NC(=O)[C@@H](N)C(C)C)sc1-c1cnc(Cl)c(NS(=O)(=O)c2cc(Cl)ccc2Cl)c1. The van der Waals surface area contributed by atoms with Gasteiger partial charge in [-0.25, -0.2) is 18.4 Å². The summed E-state index contributed by atoms with van der Waals surface area (Å²) in [5.41, 5.74) is 7.10. The van der Waals surface area contributed by atoms with Gasteiger partial charge in [-0.15, -0.1) is 0 Å². The van der Waals surface area contributed by atoms with Crippen molar-refractivity contribution in [3.8, 4) is 10.4 Å². The number of thiazole rings is 1. The number of anilines is 2. The molecule has 8 nitrogen and oxygen atoms in total. The first-order chi connectivity index (χ1) is 15.4. The summed E-state index contributed by atoms with van der Waals surface area (Å²) in [7, 11) is -4.10. The third-order valence-electron chi connectivity index (χ3n) is 4.58. The van der Waals surface area contributed by atoms with Gasteiger partial charge in [0.15, 0.2) is 10.3 Å². The molecule has 176 valence electrons. The zero-order valence-corrected chi connectivity index (χ0v) is 21.6. The number of sulfonamides is 1. The van der Waals surface area contributed by atoms with Crippen LogP contribution in [0.5, 0.6) is 0 Å². The summed E-state index contributed by atoms with van der Waals surface area (Å²) in [6.45, 7) is 5.46. The van der Waals surface area contributed by atoms with E-state index in [2.05, 4.69) is 20.0 Å². The van der Waals surface area contributed by atoms with Crippen molar-refractivity contribution in [2.75, 3.05) is 10.0 Å². The van der Waals surface area contributed by atoms with Crippen molar-refractivity contribution in [2.45, 2.75) is 31.7 Å². The van der Waals surface area contributed by atoms with Crippen LogP contribution in [0.25, 0.3) is 10.4 Å². The predicted molar refractivity (Wildman–Crippen MR) is 134 cm³/mol. The molecule has 3 rings (SSSR count). The van der Waals surface area contributed by atoms with Crippen LogP contribution in [0.2, 0.25) is 15.2 Å². The number of carbonyl (C=O) groups is 1. The summed E-state index contributed by atoms with van der Waals surface area (Å²) >= 11 is 19.3. The van der Waals surface area contributed by atoms with Gasteiger partial charge in [-0.05, 0) is 37.1 Å². The number of carbonyl (C=O) groups excluding carboxylic acids is 1. The van der Waals surface area contributed by atoms with Crippen LogP contribution in [0.1, 0.15) is 19.5 Å². The maximum atomic E-state index is 12.9. The summed E-state index contributed by atoms with van der Waals surface area (Å²) in [4.78, 5) is 21.2. The highest BCUT2D eigenvalue weighted by Crippen LogP contribution is 2.36. The molecule has 1 amide bonds. The fourth-order valence-electron chi connectivity index (χ4n) is 2.74. The second kappa shape index (κ2) is 10.1. The van der Waals surface area contributed by atoms with E-state index in [4.69, 9.17) is 40.5 Å². The van der Waals surface area contributed by atoms with Crippen molar-refractivity contribution < 1.29 is 13.2 Å². The highest BCUT2D eigenvalue weighted by Gasteiger charge is 2.22. The number of benzene rings is 1. The van der Waals surface area contributed by atoms with Crippen molar-refractivity contribution >= 4 is 72.9 Å². The highest BCUT2D eigenvalue weighted by atomic mass is 35.5. The lowest BCUT2D eigenvalue weighted by Gasteiger charge is -2.13. The molecule has 13 heteroatoms. The molecule has 2 heterocycles. The Morgan fingerprint density at radius 3 is 2.55 bits per heavy atom. The van der Waals surface area contributed by atoms with Crippen LogP contribution in [-0.4, -0.2) is 30.3 Å². The molecule has 0 unspecified atom stereocenters. The van der Waals surface area contributed by atoms with E-state index in [9.17, 15) is 13.2 Å². The van der Waals surface area contributed by atoms with Gasteiger partial charge in [0.25, 0.3) is 10.0 Å². The predicted octanol–water partition coefficient (Wildman–Crippen LogP) is 5.20. The Morgan fingerprint density at radius 2 is 1.88 bits per heavy atom. The van der Waals surface area contributed by atoms with Gasteiger partial charge in [0.2, 0.25) is 5.91 Å². The Kier molecular flexibility index (Phi) is 7.87. The van der Waals surface area contributed by atoms with Crippen molar-refractivity contribution in [3.63, 3.8) is 0 Å². The summed E-state index contributed by atoms with van der Waals surface area (Å²) in [5.74, 6) is -0.374. The number of hydrogen-bond donors (Lipinski definition) is 3. The minimum absolute atomic E-state index is 0.00502. The smallest absolute Gasteiger partial charge is 0.263 e. The van der Waals surface area contributed by atoms with Crippen LogP contribution < -0.4 is 15.8 Å². The molecule has 4 N–H and O–H groups in total. The fourth-order valence-corrected chi connectivity index (χ4v) is 5.71. The molecule has 0 bridgehead atoms. The third kappa shape index (κ3) is 5.95. The minimum Gasteiger partial charge on any atom is -0.320 e. The quantitative estimate of drug-likeness (QED) is 0.348. The van der Waals surface area contributed by atoms with Crippen LogP contribution in [0.3, 0.4) is 0 Å². The molecule has 1 atom stereocenters. The van der Waals surface area contributed by atoms with Crippen molar-refractivity contribution in [2.24, 2.45) is 11.7 Å². The zero-order chi connectivity index (χ0) is 24.5. The van der Waals surface area contributed by atoms with E-state index in [0.29, 0.717) is 21.3 Å². The number of aryl methyl sites for hydroxylation is 1. The fraction of sp³-hybridized carbons (Fsp3) is 0.250. The zero-order valence-electron chi connectivity index (χ0n) is 17.7. The van der Waals surface area contributed by atoms with E-state index >= 15 is 0 Å². The molecule has 33 heavy (non-hydrogen) atoms. The van der Waals surface area contributed by atoms with Crippen LogP contribution >= 0.6 is 46.1 Å². The molecule has 0 fully saturated rings. The monoisotopic (exact) mass is 547 g/mol. The molecule has 0 spiro atoms. The maximum Gasteiger partial charge on any atom is 0.263 e. The topological polar surface area (TPSA) is 127 Å². The van der Waals surface area contributed by atoms with Gasteiger partial charge < -0.3 is 11.1 Å². The Bertz CT molecular complexity index is 1310. The number of nitrogens with zero attached hydrogens (tertiary/aromatic N) is 2. The summed E-state index contributed by atoms with van der Waals surface area (Å²) in [5, 5.41) is 3.24. The second-order valence-electron chi connectivity index (χ2n) is 7.44. The molecule has 0 aliphatic heterocycles. The average molecular weight is 549 g/mol. The van der Waals surface area contributed by atoms with Gasteiger partial charge in [0.1, 0.15) is 4.90 Å². The van der Waals surface area contributed by atoms with E-state index in [0.717, 1.165) is 0 Å². The Morgan fingerprint density at radius 1 is 1.18 bits per heavy atom.